The lowest BCUT2D eigenvalue weighted by molar-refractivity contribution is 0.201. The average molecular weight is 380 g/mol. The highest BCUT2D eigenvalue weighted by atomic mass is 16.6. The van der Waals surface area contributed by atoms with Crippen LogP contribution in [0, 0.1) is 0 Å². The summed E-state index contributed by atoms with van der Waals surface area (Å²) in [6, 6.07) is 8.30. The summed E-state index contributed by atoms with van der Waals surface area (Å²) in [6.45, 7) is 14.6. The standard InChI is InChI=1S/C24H28O4/c1-5-7-18-20(25-13-23(3)15-27-23)11-9-17-10-12-21(19(8-6-2)22(17)18)26-14-24(4)16-28-24/h5-6,9-12H,1-2,7-8,13-16H2,3-4H3. The van der Waals surface area contributed by atoms with Crippen molar-refractivity contribution in [3.8, 4) is 11.5 Å². The van der Waals surface area contributed by atoms with Crippen LogP contribution in [0.2, 0.25) is 0 Å². The summed E-state index contributed by atoms with van der Waals surface area (Å²) in [5.74, 6) is 1.76. The third-order valence-electron chi connectivity index (χ3n) is 5.35. The molecule has 4 nitrogen and oxygen atoms in total. The van der Waals surface area contributed by atoms with E-state index in [1.54, 1.807) is 0 Å². The molecular weight excluding hydrogens is 352 g/mol. The third-order valence-corrected chi connectivity index (χ3v) is 5.35. The summed E-state index contributed by atoms with van der Waals surface area (Å²) in [7, 11) is 0. The Labute approximate surface area is 166 Å². The highest BCUT2D eigenvalue weighted by Gasteiger charge is 2.41. The zero-order valence-corrected chi connectivity index (χ0v) is 16.8. The lowest BCUT2D eigenvalue weighted by atomic mass is 9.94. The molecule has 2 aliphatic rings. The van der Waals surface area contributed by atoms with E-state index in [4.69, 9.17) is 18.9 Å². The van der Waals surface area contributed by atoms with Gasteiger partial charge in [0.25, 0.3) is 0 Å². The maximum absolute atomic E-state index is 6.16. The van der Waals surface area contributed by atoms with Gasteiger partial charge >= 0.3 is 0 Å². The van der Waals surface area contributed by atoms with Crippen LogP contribution in [0.4, 0.5) is 0 Å². The second kappa shape index (κ2) is 7.26. The number of hydrogen-bond donors (Lipinski definition) is 0. The fourth-order valence-electron chi connectivity index (χ4n) is 3.37. The first-order chi connectivity index (χ1) is 13.5. The van der Waals surface area contributed by atoms with E-state index >= 15 is 0 Å². The predicted octanol–water partition coefficient (Wildman–Crippen LogP) is 4.63. The van der Waals surface area contributed by atoms with Gasteiger partial charge in [0.1, 0.15) is 35.9 Å². The Balaban J connectivity index is 1.76. The Morgan fingerprint density at radius 2 is 1.29 bits per heavy atom. The number of benzene rings is 2. The molecule has 4 heteroatoms. The third kappa shape index (κ3) is 3.94. The van der Waals surface area contributed by atoms with E-state index in [2.05, 4.69) is 39.1 Å². The molecule has 0 bridgehead atoms. The van der Waals surface area contributed by atoms with Crippen molar-refractivity contribution >= 4 is 10.8 Å². The molecule has 0 aliphatic carbocycles. The first-order valence-corrected chi connectivity index (χ1v) is 9.80. The summed E-state index contributed by atoms with van der Waals surface area (Å²) < 4.78 is 23.3. The van der Waals surface area contributed by atoms with Gasteiger partial charge in [0.15, 0.2) is 0 Å². The van der Waals surface area contributed by atoms with Gasteiger partial charge in [-0.15, -0.1) is 13.2 Å². The number of fused-ring (bicyclic) bond motifs is 1. The van der Waals surface area contributed by atoms with E-state index in [-0.39, 0.29) is 11.2 Å². The fourth-order valence-corrected chi connectivity index (χ4v) is 3.37. The van der Waals surface area contributed by atoms with Gasteiger partial charge in [0.05, 0.1) is 13.2 Å². The first kappa shape index (κ1) is 19.0. The van der Waals surface area contributed by atoms with E-state index in [0.717, 1.165) is 54.1 Å². The zero-order chi connectivity index (χ0) is 19.8. The molecule has 0 aromatic heterocycles. The molecule has 0 saturated carbocycles. The lowest BCUT2D eigenvalue weighted by Gasteiger charge is -2.19. The van der Waals surface area contributed by atoms with E-state index in [1.807, 2.05) is 24.3 Å². The Morgan fingerprint density at radius 3 is 1.64 bits per heavy atom. The Morgan fingerprint density at radius 1 is 0.857 bits per heavy atom. The molecule has 2 aromatic rings. The minimum atomic E-state index is -0.158. The van der Waals surface area contributed by atoms with Crippen LogP contribution in [0.1, 0.15) is 25.0 Å². The highest BCUT2D eigenvalue weighted by Crippen LogP contribution is 2.38. The Hall–Kier alpha value is -2.30. The van der Waals surface area contributed by atoms with E-state index < -0.39 is 0 Å². The molecule has 2 aliphatic heterocycles. The van der Waals surface area contributed by atoms with Gasteiger partial charge < -0.3 is 18.9 Å². The van der Waals surface area contributed by atoms with Crippen molar-refractivity contribution < 1.29 is 18.9 Å². The quantitative estimate of drug-likeness (QED) is 0.445. The van der Waals surface area contributed by atoms with Crippen molar-refractivity contribution in [3.05, 3.63) is 60.7 Å². The van der Waals surface area contributed by atoms with Crippen LogP contribution >= 0.6 is 0 Å². The molecule has 2 heterocycles. The second-order valence-corrected chi connectivity index (χ2v) is 8.22. The first-order valence-electron chi connectivity index (χ1n) is 9.80. The van der Waals surface area contributed by atoms with Gasteiger partial charge in [-0.3, -0.25) is 0 Å². The van der Waals surface area contributed by atoms with Gasteiger partial charge in [-0.05, 0) is 49.6 Å². The summed E-state index contributed by atoms with van der Waals surface area (Å²) in [4.78, 5) is 0. The Bertz CT molecular complexity index is 836. The molecule has 2 fully saturated rings. The van der Waals surface area contributed by atoms with Crippen molar-refractivity contribution in [1.82, 2.24) is 0 Å². The van der Waals surface area contributed by atoms with Crippen LogP contribution in [0.5, 0.6) is 11.5 Å². The number of rotatable bonds is 10. The van der Waals surface area contributed by atoms with E-state index in [9.17, 15) is 0 Å². The molecule has 0 spiro atoms. The number of hydrogen-bond acceptors (Lipinski definition) is 4. The van der Waals surface area contributed by atoms with Gasteiger partial charge in [-0.2, -0.15) is 0 Å². The Kier molecular flexibility index (Phi) is 4.94. The lowest BCUT2D eigenvalue weighted by Crippen LogP contribution is -2.18. The van der Waals surface area contributed by atoms with Crippen LogP contribution in [-0.2, 0) is 22.3 Å². The van der Waals surface area contributed by atoms with Crippen LogP contribution in [0.25, 0.3) is 10.8 Å². The van der Waals surface area contributed by atoms with Crippen LogP contribution in [-0.4, -0.2) is 37.6 Å². The van der Waals surface area contributed by atoms with Crippen molar-refractivity contribution in [2.45, 2.75) is 37.9 Å². The molecule has 2 aromatic carbocycles. The monoisotopic (exact) mass is 380 g/mol. The van der Waals surface area contributed by atoms with E-state index in [1.165, 1.54) is 5.39 Å². The molecule has 28 heavy (non-hydrogen) atoms. The molecule has 2 unspecified atom stereocenters. The summed E-state index contributed by atoms with van der Waals surface area (Å²) >= 11 is 0. The summed E-state index contributed by atoms with van der Waals surface area (Å²) in [6.07, 6.45) is 5.28. The molecule has 0 radical (unpaired) electrons. The van der Waals surface area contributed by atoms with Crippen molar-refractivity contribution in [2.75, 3.05) is 26.4 Å². The van der Waals surface area contributed by atoms with Crippen LogP contribution in [0.15, 0.2) is 49.6 Å². The fraction of sp³-hybridized carbons (Fsp3) is 0.417. The smallest absolute Gasteiger partial charge is 0.123 e. The molecule has 0 N–H and O–H groups in total. The van der Waals surface area contributed by atoms with Gasteiger partial charge in [0.2, 0.25) is 0 Å². The van der Waals surface area contributed by atoms with Crippen LogP contribution in [0.3, 0.4) is 0 Å². The normalized spacial score (nSPS) is 25.4. The number of ether oxygens (including phenoxy) is 4. The molecule has 2 saturated heterocycles. The average Bonchev–Trinajstić information content (AvgIpc) is 3.60. The molecule has 0 amide bonds. The van der Waals surface area contributed by atoms with Gasteiger partial charge in [-0.1, -0.05) is 24.3 Å². The molecule has 148 valence electrons. The largest absolute Gasteiger partial charge is 0.490 e. The van der Waals surface area contributed by atoms with Gasteiger partial charge in [0, 0.05) is 11.1 Å². The summed E-state index contributed by atoms with van der Waals surface area (Å²) in [5.41, 5.74) is 1.95. The van der Waals surface area contributed by atoms with Gasteiger partial charge in [-0.25, -0.2) is 0 Å². The zero-order valence-electron chi connectivity index (χ0n) is 16.8. The highest BCUT2D eigenvalue weighted by molar-refractivity contribution is 5.93. The molecule has 4 rings (SSSR count). The number of epoxide rings is 2. The minimum absolute atomic E-state index is 0.158. The van der Waals surface area contributed by atoms with Crippen LogP contribution < -0.4 is 9.47 Å². The molecular formula is C24H28O4. The SMILES string of the molecule is C=CCc1c(OCC2(C)CO2)ccc2ccc(OCC3(C)CO3)c(CC=C)c12. The van der Waals surface area contributed by atoms with Crippen molar-refractivity contribution in [1.29, 1.82) is 0 Å². The summed E-state index contributed by atoms with van der Waals surface area (Å²) in [5, 5.41) is 2.33. The molecule has 2 atom stereocenters. The number of allylic oxidation sites excluding steroid dienone is 2. The van der Waals surface area contributed by atoms with E-state index in [0.29, 0.717) is 13.2 Å². The maximum atomic E-state index is 6.16. The predicted molar refractivity (Wildman–Crippen MR) is 111 cm³/mol. The second-order valence-electron chi connectivity index (χ2n) is 8.22. The van der Waals surface area contributed by atoms with Crippen molar-refractivity contribution in [3.63, 3.8) is 0 Å². The maximum Gasteiger partial charge on any atom is 0.123 e. The van der Waals surface area contributed by atoms with Crippen molar-refractivity contribution in [2.24, 2.45) is 0 Å². The minimum Gasteiger partial charge on any atom is -0.490 e. The topological polar surface area (TPSA) is 43.5 Å².